The Kier molecular flexibility index (Phi) is 5.67. The van der Waals surface area contributed by atoms with Crippen LogP contribution in [-0.2, 0) is 0 Å². The largest absolute Gasteiger partial charge is 0.303 e. The molecule has 0 amide bonds. The molecule has 21 heavy (non-hydrogen) atoms. The van der Waals surface area contributed by atoms with Crippen LogP contribution in [0.3, 0.4) is 0 Å². The van der Waals surface area contributed by atoms with Crippen LogP contribution in [-0.4, -0.2) is 30.5 Å². The lowest BCUT2D eigenvalue weighted by atomic mass is 9.80. The number of hydrogen-bond donors (Lipinski definition) is 0. The molecule has 0 aromatic carbocycles. The molecule has 0 aromatic heterocycles. The first-order valence-electron chi connectivity index (χ1n) is 8.86. The van der Waals surface area contributed by atoms with E-state index in [9.17, 15) is 8.78 Å². The highest BCUT2D eigenvalue weighted by Gasteiger charge is 2.43. The monoisotopic (exact) mass is 301 g/mol. The highest BCUT2D eigenvalue weighted by molar-refractivity contribution is 4.86. The second-order valence-corrected chi connectivity index (χ2v) is 8.58. The van der Waals surface area contributed by atoms with Crippen molar-refractivity contribution in [3.63, 3.8) is 0 Å². The van der Waals surface area contributed by atoms with Gasteiger partial charge in [0, 0.05) is 18.9 Å². The van der Waals surface area contributed by atoms with Crippen LogP contribution in [0.25, 0.3) is 0 Å². The third-order valence-electron chi connectivity index (χ3n) is 5.19. The molecule has 3 heteroatoms. The zero-order chi connectivity index (χ0) is 15.5. The van der Waals surface area contributed by atoms with Gasteiger partial charge in [-0.25, -0.2) is 8.78 Å². The first-order chi connectivity index (χ1) is 9.76. The molecule has 0 N–H and O–H groups in total. The highest BCUT2D eigenvalue weighted by Crippen LogP contribution is 2.41. The van der Waals surface area contributed by atoms with Crippen molar-refractivity contribution in [2.24, 2.45) is 17.3 Å². The van der Waals surface area contributed by atoms with Crippen molar-refractivity contribution in [1.82, 2.24) is 4.90 Å². The van der Waals surface area contributed by atoms with Crippen LogP contribution in [0.5, 0.6) is 0 Å². The van der Waals surface area contributed by atoms with Gasteiger partial charge in [0.25, 0.3) is 5.92 Å². The fraction of sp³-hybridized carbons (Fsp3) is 1.00. The van der Waals surface area contributed by atoms with E-state index in [1.807, 2.05) is 20.8 Å². The molecule has 0 atom stereocenters. The molecule has 2 rings (SSSR count). The number of halogens is 2. The van der Waals surface area contributed by atoms with Gasteiger partial charge in [0.05, 0.1) is 0 Å². The van der Waals surface area contributed by atoms with Gasteiger partial charge in [-0.1, -0.05) is 40.0 Å². The van der Waals surface area contributed by atoms with E-state index >= 15 is 0 Å². The lowest BCUT2D eigenvalue weighted by Gasteiger charge is -2.39. The van der Waals surface area contributed by atoms with Crippen LogP contribution >= 0.6 is 0 Å². The second-order valence-electron chi connectivity index (χ2n) is 8.58. The molecule has 0 radical (unpaired) electrons. The molecule has 124 valence electrons. The van der Waals surface area contributed by atoms with Gasteiger partial charge >= 0.3 is 0 Å². The Morgan fingerprint density at radius 2 is 1.48 bits per heavy atom. The van der Waals surface area contributed by atoms with E-state index in [-0.39, 0.29) is 11.8 Å². The summed E-state index contributed by atoms with van der Waals surface area (Å²) in [5, 5.41) is 0. The van der Waals surface area contributed by atoms with Crippen molar-refractivity contribution >= 4 is 0 Å². The molecular weight excluding hydrogens is 268 g/mol. The van der Waals surface area contributed by atoms with Gasteiger partial charge < -0.3 is 4.90 Å². The molecule has 1 heterocycles. The number of rotatable bonds is 4. The number of alkyl halides is 2. The SMILES string of the molecule is CC(C)(C)CC(F)(F)C1CCN(CC2CCCCC2)CC1. The molecule has 2 aliphatic rings. The summed E-state index contributed by atoms with van der Waals surface area (Å²) in [6.45, 7) is 8.65. The fourth-order valence-corrected chi connectivity index (χ4v) is 4.12. The van der Waals surface area contributed by atoms with Crippen LogP contribution in [0.15, 0.2) is 0 Å². The number of hydrogen-bond acceptors (Lipinski definition) is 1. The molecule has 0 spiro atoms. The summed E-state index contributed by atoms with van der Waals surface area (Å²) in [5.74, 6) is -2.07. The Bertz CT molecular complexity index is 308. The van der Waals surface area contributed by atoms with Crippen molar-refractivity contribution in [3.8, 4) is 0 Å². The predicted octanol–water partition coefficient (Wildman–Crippen LogP) is 5.35. The van der Waals surface area contributed by atoms with E-state index in [0.717, 1.165) is 25.6 Å². The van der Waals surface area contributed by atoms with Crippen LogP contribution in [0.1, 0.15) is 72.1 Å². The molecule has 0 bridgehead atoms. The van der Waals surface area contributed by atoms with Crippen molar-refractivity contribution < 1.29 is 8.78 Å². The molecule has 1 saturated carbocycles. The van der Waals surface area contributed by atoms with Crippen LogP contribution < -0.4 is 0 Å². The van der Waals surface area contributed by atoms with Gasteiger partial charge in [0.15, 0.2) is 0 Å². The van der Waals surface area contributed by atoms with Crippen LogP contribution in [0.2, 0.25) is 0 Å². The minimum absolute atomic E-state index is 0.0211. The second kappa shape index (κ2) is 6.93. The van der Waals surface area contributed by atoms with Gasteiger partial charge in [-0.2, -0.15) is 0 Å². The van der Waals surface area contributed by atoms with E-state index in [4.69, 9.17) is 0 Å². The van der Waals surface area contributed by atoms with Crippen LogP contribution in [0, 0.1) is 17.3 Å². The van der Waals surface area contributed by atoms with E-state index in [1.54, 1.807) is 0 Å². The van der Waals surface area contributed by atoms with E-state index in [0.29, 0.717) is 12.8 Å². The molecular formula is C18H33F2N. The molecule has 0 unspecified atom stereocenters. The molecule has 2 fully saturated rings. The quantitative estimate of drug-likeness (QED) is 0.676. The van der Waals surface area contributed by atoms with E-state index < -0.39 is 11.8 Å². The summed E-state index contributed by atoms with van der Waals surface area (Å²) >= 11 is 0. The Morgan fingerprint density at radius 1 is 0.905 bits per heavy atom. The van der Waals surface area contributed by atoms with Gasteiger partial charge in [-0.15, -0.1) is 0 Å². The summed E-state index contributed by atoms with van der Waals surface area (Å²) < 4.78 is 28.7. The molecule has 1 aliphatic carbocycles. The standard InChI is InChI=1S/C18H33F2N/c1-17(2,3)14-18(19,20)16-9-11-21(12-10-16)13-15-7-5-4-6-8-15/h15-16H,4-14H2,1-3H3. The normalized spacial score (nSPS) is 24.4. The van der Waals surface area contributed by atoms with Crippen molar-refractivity contribution in [3.05, 3.63) is 0 Å². The Balaban J connectivity index is 1.77. The summed E-state index contributed by atoms with van der Waals surface area (Å²) in [7, 11) is 0. The first-order valence-corrected chi connectivity index (χ1v) is 8.86. The maximum absolute atomic E-state index is 14.4. The maximum atomic E-state index is 14.4. The zero-order valence-corrected chi connectivity index (χ0v) is 14.1. The number of piperidine rings is 1. The molecule has 1 saturated heterocycles. The summed E-state index contributed by atoms with van der Waals surface area (Å²) in [4.78, 5) is 2.44. The van der Waals surface area contributed by atoms with Gasteiger partial charge in [0.1, 0.15) is 0 Å². The van der Waals surface area contributed by atoms with Gasteiger partial charge in [0.2, 0.25) is 0 Å². The smallest absolute Gasteiger partial charge is 0.251 e. The minimum atomic E-state index is -2.49. The average molecular weight is 301 g/mol. The highest BCUT2D eigenvalue weighted by atomic mass is 19.3. The summed E-state index contributed by atoms with van der Waals surface area (Å²) in [6, 6.07) is 0. The zero-order valence-electron chi connectivity index (χ0n) is 14.1. The Labute approximate surface area is 129 Å². The number of likely N-dealkylation sites (tertiary alicyclic amines) is 1. The summed E-state index contributed by atoms with van der Waals surface area (Å²) in [5.41, 5.74) is -0.289. The lowest BCUT2D eigenvalue weighted by Crippen LogP contribution is -2.43. The van der Waals surface area contributed by atoms with Crippen molar-refractivity contribution in [2.75, 3.05) is 19.6 Å². The average Bonchev–Trinajstić information content (AvgIpc) is 2.38. The van der Waals surface area contributed by atoms with Crippen molar-refractivity contribution in [2.45, 2.75) is 78.1 Å². The molecule has 0 aromatic rings. The number of nitrogens with zero attached hydrogens (tertiary/aromatic N) is 1. The first kappa shape index (κ1) is 17.2. The topological polar surface area (TPSA) is 3.24 Å². The van der Waals surface area contributed by atoms with Crippen molar-refractivity contribution in [1.29, 1.82) is 0 Å². The maximum Gasteiger partial charge on any atom is 0.251 e. The Hall–Kier alpha value is -0.180. The molecule has 1 aliphatic heterocycles. The lowest BCUT2D eigenvalue weighted by molar-refractivity contribution is -0.104. The van der Waals surface area contributed by atoms with Gasteiger partial charge in [-0.3, -0.25) is 0 Å². The molecule has 1 nitrogen and oxygen atoms in total. The summed E-state index contributed by atoms with van der Waals surface area (Å²) in [6.07, 6.45) is 8.19. The van der Waals surface area contributed by atoms with Gasteiger partial charge in [-0.05, 0) is 50.1 Å². The van der Waals surface area contributed by atoms with E-state index in [2.05, 4.69) is 4.90 Å². The third-order valence-corrected chi connectivity index (χ3v) is 5.19. The third kappa shape index (κ3) is 5.50. The van der Waals surface area contributed by atoms with E-state index in [1.165, 1.54) is 32.1 Å². The Morgan fingerprint density at radius 3 is 2.00 bits per heavy atom. The fourth-order valence-electron chi connectivity index (χ4n) is 4.12. The van der Waals surface area contributed by atoms with Crippen LogP contribution in [0.4, 0.5) is 8.78 Å². The predicted molar refractivity (Wildman–Crippen MR) is 84.8 cm³/mol. The minimum Gasteiger partial charge on any atom is -0.303 e.